The van der Waals surface area contributed by atoms with Crippen LogP contribution in [0.25, 0.3) is 0 Å². The minimum Gasteiger partial charge on any atom is -0.339 e. The van der Waals surface area contributed by atoms with Crippen LogP contribution in [0.1, 0.15) is 56.2 Å². The van der Waals surface area contributed by atoms with Gasteiger partial charge >= 0.3 is 0 Å². The summed E-state index contributed by atoms with van der Waals surface area (Å²) in [7, 11) is 0. The predicted octanol–water partition coefficient (Wildman–Crippen LogP) is 5.84. The number of aromatic nitrogens is 1. The average molecular weight is 493 g/mol. The Morgan fingerprint density at radius 1 is 1.06 bits per heavy atom. The van der Waals surface area contributed by atoms with Crippen molar-refractivity contribution in [3.8, 4) is 6.07 Å². The fourth-order valence-electron chi connectivity index (χ4n) is 4.06. The van der Waals surface area contributed by atoms with Crippen molar-refractivity contribution in [3.63, 3.8) is 0 Å². The molecule has 1 aliphatic rings. The number of pyridine rings is 1. The van der Waals surface area contributed by atoms with E-state index in [2.05, 4.69) is 16.4 Å². The Balaban J connectivity index is 1.43. The molecule has 3 aromatic rings. The number of aryl methyl sites for hydroxylation is 1. The van der Waals surface area contributed by atoms with Crippen LogP contribution < -0.4 is 5.32 Å². The quantitative estimate of drug-likeness (QED) is 0.463. The Hall–Kier alpha value is -3.40. The number of halogens is 2. The first-order valence-corrected chi connectivity index (χ1v) is 11.6. The van der Waals surface area contributed by atoms with E-state index in [0.29, 0.717) is 35.8 Å². The topological polar surface area (TPSA) is 86.1 Å². The number of rotatable bonds is 4. The van der Waals surface area contributed by atoms with Gasteiger partial charge in [0.1, 0.15) is 5.15 Å². The molecule has 34 heavy (non-hydrogen) atoms. The van der Waals surface area contributed by atoms with Crippen molar-refractivity contribution in [2.75, 3.05) is 18.4 Å². The second-order valence-electron chi connectivity index (χ2n) is 8.28. The number of carbonyl (C=O) groups is 2. The molecule has 1 aromatic heterocycles. The second-order valence-corrected chi connectivity index (χ2v) is 9.05. The second kappa shape index (κ2) is 10.3. The zero-order chi connectivity index (χ0) is 24.2. The van der Waals surface area contributed by atoms with Crippen LogP contribution in [0.5, 0.6) is 0 Å². The van der Waals surface area contributed by atoms with Crippen molar-refractivity contribution in [2.45, 2.75) is 25.7 Å². The van der Waals surface area contributed by atoms with Gasteiger partial charge in [-0.05, 0) is 67.1 Å². The minimum atomic E-state index is -0.387. The lowest BCUT2D eigenvalue weighted by molar-refractivity contribution is 0.0712. The highest BCUT2D eigenvalue weighted by atomic mass is 35.5. The van der Waals surface area contributed by atoms with E-state index in [1.54, 1.807) is 12.1 Å². The average Bonchev–Trinajstić information content (AvgIpc) is 2.86. The molecule has 0 saturated carbocycles. The van der Waals surface area contributed by atoms with Gasteiger partial charge in [0.25, 0.3) is 11.8 Å². The van der Waals surface area contributed by atoms with Gasteiger partial charge in [0.15, 0.2) is 0 Å². The van der Waals surface area contributed by atoms with Gasteiger partial charge in [-0.15, -0.1) is 0 Å². The maximum absolute atomic E-state index is 13.2. The maximum atomic E-state index is 13.2. The standard InChI is InChI=1S/C26H22Cl2N4O2/c1-16-2-5-20(13-23(16)31-25(33)21-12-22(27)24(28)30-15-21)26(34)32-10-8-19(9-11-32)18-6-3-17(14-29)4-7-18/h2-7,12-13,15,19H,8-11H2,1H3,(H,31,33). The number of nitrogens with zero attached hydrogens (tertiary/aromatic N) is 3. The van der Waals surface area contributed by atoms with Crippen LogP contribution in [0.2, 0.25) is 10.2 Å². The van der Waals surface area contributed by atoms with Crippen molar-refractivity contribution in [1.82, 2.24) is 9.88 Å². The predicted molar refractivity (Wildman–Crippen MR) is 132 cm³/mol. The summed E-state index contributed by atoms with van der Waals surface area (Å²) in [5.41, 5.74) is 4.02. The zero-order valence-corrected chi connectivity index (χ0v) is 20.0. The first-order valence-electron chi connectivity index (χ1n) is 10.9. The van der Waals surface area contributed by atoms with E-state index >= 15 is 0 Å². The van der Waals surface area contributed by atoms with Crippen LogP contribution in [-0.4, -0.2) is 34.8 Å². The smallest absolute Gasteiger partial charge is 0.257 e. The van der Waals surface area contributed by atoms with Crippen molar-refractivity contribution in [1.29, 1.82) is 5.26 Å². The highest BCUT2D eigenvalue weighted by Crippen LogP contribution is 2.29. The third-order valence-electron chi connectivity index (χ3n) is 6.08. The highest BCUT2D eigenvalue weighted by Gasteiger charge is 2.25. The number of nitrogens with one attached hydrogen (secondary N) is 1. The maximum Gasteiger partial charge on any atom is 0.257 e. The van der Waals surface area contributed by atoms with Gasteiger partial charge < -0.3 is 10.2 Å². The van der Waals surface area contributed by atoms with E-state index in [-0.39, 0.29) is 27.6 Å². The fourth-order valence-corrected chi connectivity index (χ4v) is 4.33. The molecule has 2 amide bonds. The van der Waals surface area contributed by atoms with Gasteiger partial charge in [-0.1, -0.05) is 41.4 Å². The molecule has 0 bridgehead atoms. The lowest BCUT2D eigenvalue weighted by atomic mass is 9.89. The summed E-state index contributed by atoms with van der Waals surface area (Å²) in [5, 5.41) is 12.1. The van der Waals surface area contributed by atoms with Crippen molar-refractivity contribution < 1.29 is 9.59 Å². The SMILES string of the molecule is Cc1ccc(C(=O)N2CCC(c3ccc(C#N)cc3)CC2)cc1NC(=O)c1cnc(Cl)c(Cl)c1. The molecule has 0 unspecified atom stereocenters. The fraction of sp³-hybridized carbons (Fsp3) is 0.231. The lowest BCUT2D eigenvalue weighted by Crippen LogP contribution is -2.38. The molecule has 8 heteroatoms. The molecule has 0 radical (unpaired) electrons. The zero-order valence-electron chi connectivity index (χ0n) is 18.5. The highest BCUT2D eigenvalue weighted by molar-refractivity contribution is 6.41. The monoisotopic (exact) mass is 492 g/mol. The molecular formula is C26H22Cl2N4O2. The molecule has 0 spiro atoms. The van der Waals surface area contributed by atoms with Crippen LogP contribution >= 0.6 is 23.2 Å². The number of anilines is 1. The van der Waals surface area contributed by atoms with Crippen LogP contribution in [0.15, 0.2) is 54.7 Å². The molecule has 2 heterocycles. The molecule has 172 valence electrons. The first kappa shape index (κ1) is 23.7. The summed E-state index contributed by atoms with van der Waals surface area (Å²) in [6.45, 7) is 3.15. The number of piperidine rings is 1. The molecular weight excluding hydrogens is 471 g/mol. The Morgan fingerprint density at radius 2 is 1.76 bits per heavy atom. The van der Waals surface area contributed by atoms with Gasteiger partial charge in [0.05, 0.1) is 22.2 Å². The van der Waals surface area contributed by atoms with Gasteiger partial charge in [-0.25, -0.2) is 4.98 Å². The van der Waals surface area contributed by atoms with Gasteiger partial charge in [-0.3, -0.25) is 9.59 Å². The summed E-state index contributed by atoms with van der Waals surface area (Å²) in [6, 6.07) is 16.6. The van der Waals surface area contributed by atoms with Crippen molar-refractivity contribution >= 4 is 40.7 Å². The minimum absolute atomic E-state index is 0.0648. The van der Waals surface area contributed by atoms with Crippen LogP contribution in [-0.2, 0) is 0 Å². The van der Waals surface area contributed by atoms with E-state index in [9.17, 15) is 9.59 Å². The van der Waals surface area contributed by atoms with Crippen molar-refractivity contribution in [2.24, 2.45) is 0 Å². The number of likely N-dealkylation sites (tertiary alicyclic amines) is 1. The van der Waals surface area contributed by atoms with E-state index in [0.717, 1.165) is 18.4 Å². The molecule has 1 aliphatic heterocycles. The third-order valence-corrected chi connectivity index (χ3v) is 6.77. The number of nitriles is 1. The van der Waals surface area contributed by atoms with Crippen molar-refractivity contribution in [3.05, 3.63) is 92.7 Å². The Kier molecular flexibility index (Phi) is 7.16. The van der Waals surface area contributed by atoms with E-state index in [1.165, 1.54) is 17.8 Å². The molecule has 2 aromatic carbocycles. The van der Waals surface area contributed by atoms with Gasteiger partial charge in [0, 0.05) is 30.5 Å². The summed E-state index contributed by atoms with van der Waals surface area (Å²) >= 11 is 11.8. The summed E-state index contributed by atoms with van der Waals surface area (Å²) in [6.07, 6.45) is 3.07. The van der Waals surface area contributed by atoms with Crippen LogP contribution in [0.3, 0.4) is 0 Å². The summed E-state index contributed by atoms with van der Waals surface area (Å²) in [5.74, 6) is -0.0866. The third kappa shape index (κ3) is 5.22. The molecule has 6 nitrogen and oxygen atoms in total. The van der Waals surface area contributed by atoms with Crippen LogP contribution in [0, 0.1) is 18.3 Å². The number of amides is 2. The Bertz CT molecular complexity index is 1280. The number of carbonyl (C=O) groups excluding carboxylic acids is 2. The molecule has 1 N–H and O–H groups in total. The van der Waals surface area contributed by atoms with E-state index < -0.39 is 0 Å². The largest absolute Gasteiger partial charge is 0.339 e. The lowest BCUT2D eigenvalue weighted by Gasteiger charge is -2.32. The molecule has 4 rings (SSSR count). The number of hydrogen-bond acceptors (Lipinski definition) is 4. The molecule has 0 aliphatic carbocycles. The number of hydrogen-bond donors (Lipinski definition) is 1. The van der Waals surface area contributed by atoms with E-state index in [4.69, 9.17) is 28.5 Å². The Labute approximate surface area is 208 Å². The Morgan fingerprint density at radius 3 is 2.41 bits per heavy atom. The normalized spacial score (nSPS) is 13.9. The van der Waals surface area contributed by atoms with Crippen LogP contribution in [0.4, 0.5) is 5.69 Å². The van der Waals surface area contributed by atoms with Gasteiger partial charge in [-0.2, -0.15) is 5.26 Å². The van der Waals surface area contributed by atoms with Gasteiger partial charge in [0.2, 0.25) is 0 Å². The first-order chi connectivity index (χ1) is 16.4. The number of benzene rings is 2. The van der Waals surface area contributed by atoms with E-state index in [1.807, 2.05) is 42.2 Å². The summed E-state index contributed by atoms with van der Waals surface area (Å²) < 4.78 is 0. The molecule has 1 saturated heterocycles. The molecule has 0 atom stereocenters. The molecule has 1 fully saturated rings. The summed E-state index contributed by atoms with van der Waals surface area (Å²) in [4.78, 5) is 31.6.